The molecule has 1 fully saturated rings. The van der Waals surface area contributed by atoms with Gasteiger partial charge in [0.05, 0.1) is 15.5 Å². The number of Topliss-reactive ketones (excluding diaryl/α,β-unsaturated/α-hetero) is 1. The number of hydrogen-bond donors (Lipinski definition) is 2. The smallest absolute Gasteiger partial charge is 0.171 e. The Balaban J connectivity index is 2.25. The number of nitrogens with two attached hydrogens (primary N) is 1. The molecule has 0 bridgehead atoms. The first-order valence-electron chi connectivity index (χ1n) is 5.78. The van der Waals surface area contributed by atoms with Crippen LogP contribution >= 0.6 is 23.1 Å². The van der Waals surface area contributed by atoms with Gasteiger partial charge in [0.25, 0.3) is 0 Å². The van der Waals surface area contributed by atoms with Crippen LogP contribution in [0, 0.1) is 5.92 Å². The Bertz CT molecular complexity index is 438. The van der Waals surface area contributed by atoms with E-state index in [0.29, 0.717) is 16.6 Å². The molecule has 3 N–H and O–H groups in total. The van der Waals surface area contributed by atoms with Crippen LogP contribution in [-0.4, -0.2) is 18.1 Å². The lowest BCUT2D eigenvalue weighted by atomic mass is 10.2. The zero-order valence-electron chi connectivity index (χ0n) is 10.4. The Morgan fingerprint density at radius 2 is 2.24 bits per heavy atom. The molecule has 0 spiro atoms. The number of thiophene rings is 1. The number of thioether (sulfide) groups is 1. The lowest BCUT2D eigenvalue weighted by Crippen LogP contribution is -2.16. The fourth-order valence-electron chi connectivity index (χ4n) is 1.91. The number of nitrogen functional groups attached to an aromatic ring is 1. The maximum absolute atomic E-state index is 11.5. The molecule has 0 aromatic carbocycles. The maximum Gasteiger partial charge on any atom is 0.171 e. The van der Waals surface area contributed by atoms with Crippen molar-refractivity contribution in [2.24, 2.45) is 5.92 Å². The Morgan fingerprint density at radius 1 is 1.59 bits per heavy atom. The van der Waals surface area contributed by atoms with Crippen molar-refractivity contribution in [2.75, 3.05) is 17.3 Å². The highest BCUT2D eigenvalue weighted by molar-refractivity contribution is 7.99. The topological polar surface area (TPSA) is 55.1 Å². The van der Waals surface area contributed by atoms with E-state index in [-0.39, 0.29) is 5.78 Å². The molecule has 3 nitrogen and oxygen atoms in total. The van der Waals surface area contributed by atoms with Gasteiger partial charge in [0.15, 0.2) is 5.78 Å². The summed E-state index contributed by atoms with van der Waals surface area (Å²) in [5.74, 6) is 0.837. The second-order valence-electron chi connectivity index (χ2n) is 4.53. The number of anilines is 2. The molecule has 5 heteroatoms. The molecule has 1 heterocycles. The zero-order valence-corrected chi connectivity index (χ0v) is 12.0. The Labute approximate surface area is 110 Å². The molecule has 1 atom stereocenters. The number of carbonyl (C=O) groups excluding carboxylic acids is 1. The Hall–Kier alpha value is -0.680. The summed E-state index contributed by atoms with van der Waals surface area (Å²) >= 11 is 3.09. The highest BCUT2D eigenvalue weighted by atomic mass is 32.2. The van der Waals surface area contributed by atoms with Crippen LogP contribution in [0.2, 0.25) is 0 Å². The minimum Gasteiger partial charge on any atom is -0.396 e. The van der Waals surface area contributed by atoms with Crippen LogP contribution < -0.4 is 11.1 Å². The minimum absolute atomic E-state index is 0.0509. The van der Waals surface area contributed by atoms with Gasteiger partial charge >= 0.3 is 0 Å². The molecule has 0 amide bonds. The fraction of sp³-hybridized carbons (Fsp3) is 0.583. The van der Waals surface area contributed by atoms with E-state index in [2.05, 4.69) is 12.2 Å². The van der Waals surface area contributed by atoms with Gasteiger partial charge in [-0.3, -0.25) is 4.79 Å². The largest absolute Gasteiger partial charge is 0.396 e. The minimum atomic E-state index is 0.0509. The lowest BCUT2D eigenvalue weighted by molar-refractivity contribution is 0.102. The van der Waals surface area contributed by atoms with Gasteiger partial charge in [-0.05, 0) is 31.9 Å². The quantitative estimate of drug-likeness (QED) is 0.635. The summed E-state index contributed by atoms with van der Waals surface area (Å²) in [5.41, 5.74) is 6.65. The standard InChI is InChI=1S/C12H18N2OS2/c1-6(8-4-5-8)14-12-11(16-3)9(13)10(17-12)7(2)15/h6,8,14H,4-5,13H2,1-3H3. The molecule has 1 aliphatic rings. The lowest BCUT2D eigenvalue weighted by Gasteiger charge is -2.13. The van der Waals surface area contributed by atoms with Crippen molar-refractivity contribution >= 4 is 39.6 Å². The molecule has 0 radical (unpaired) electrons. The molecule has 17 heavy (non-hydrogen) atoms. The van der Waals surface area contributed by atoms with E-state index in [9.17, 15) is 4.79 Å². The van der Waals surface area contributed by atoms with Gasteiger partial charge in [-0.25, -0.2) is 0 Å². The first kappa shape index (κ1) is 12.8. The van der Waals surface area contributed by atoms with Gasteiger partial charge in [0.2, 0.25) is 0 Å². The number of nitrogens with one attached hydrogen (secondary N) is 1. The normalized spacial score (nSPS) is 16.9. The molecule has 2 rings (SSSR count). The van der Waals surface area contributed by atoms with Crippen LogP contribution in [0.3, 0.4) is 0 Å². The molecule has 1 saturated carbocycles. The summed E-state index contributed by atoms with van der Waals surface area (Å²) in [5, 5.41) is 4.56. The monoisotopic (exact) mass is 270 g/mol. The van der Waals surface area contributed by atoms with Crippen molar-refractivity contribution in [2.45, 2.75) is 37.6 Å². The molecule has 1 aromatic heterocycles. The van der Waals surface area contributed by atoms with Gasteiger partial charge in [0.1, 0.15) is 5.00 Å². The molecule has 1 aromatic rings. The molecule has 0 saturated heterocycles. The van der Waals surface area contributed by atoms with E-state index in [1.807, 2.05) is 6.26 Å². The molecule has 94 valence electrons. The third kappa shape index (κ3) is 2.60. The van der Waals surface area contributed by atoms with Crippen LogP contribution in [-0.2, 0) is 0 Å². The molecular formula is C12H18N2OS2. The van der Waals surface area contributed by atoms with E-state index in [1.54, 1.807) is 18.7 Å². The highest BCUT2D eigenvalue weighted by Gasteiger charge is 2.29. The van der Waals surface area contributed by atoms with Crippen LogP contribution in [0.5, 0.6) is 0 Å². The SMILES string of the molecule is CSc1c(NC(C)C2CC2)sc(C(C)=O)c1N. The molecule has 1 aliphatic carbocycles. The third-order valence-corrected chi connectivity index (χ3v) is 5.31. The fourth-order valence-corrected chi connectivity index (χ4v) is 3.92. The average Bonchev–Trinajstić information content (AvgIpc) is 3.05. The van der Waals surface area contributed by atoms with Gasteiger partial charge in [0, 0.05) is 13.0 Å². The van der Waals surface area contributed by atoms with E-state index in [0.717, 1.165) is 15.8 Å². The average molecular weight is 270 g/mol. The van der Waals surface area contributed by atoms with Crippen molar-refractivity contribution in [3.05, 3.63) is 4.88 Å². The summed E-state index contributed by atoms with van der Waals surface area (Å²) in [6.07, 6.45) is 4.61. The van der Waals surface area contributed by atoms with Crippen molar-refractivity contribution in [3.63, 3.8) is 0 Å². The number of carbonyl (C=O) groups is 1. The molecule has 0 aliphatic heterocycles. The number of rotatable bonds is 5. The molecule has 1 unspecified atom stereocenters. The summed E-state index contributed by atoms with van der Waals surface area (Å²) in [6, 6.07) is 0.471. The first-order chi connectivity index (χ1) is 8.04. The predicted molar refractivity (Wildman–Crippen MR) is 76.3 cm³/mol. The van der Waals surface area contributed by atoms with Gasteiger partial charge in [-0.15, -0.1) is 23.1 Å². The third-order valence-electron chi connectivity index (χ3n) is 3.11. The first-order valence-corrected chi connectivity index (χ1v) is 7.82. The zero-order chi connectivity index (χ0) is 12.6. The van der Waals surface area contributed by atoms with Crippen molar-refractivity contribution in [1.29, 1.82) is 0 Å². The molecular weight excluding hydrogens is 252 g/mol. The van der Waals surface area contributed by atoms with Crippen LogP contribution in [0.15, 0.2) is 4.90 Å². The van der Waals surface area contributed by atoms with E-state index >= 15 is 0 Å². The van der Waals surface area contributed by atoms with E-state index < -0.39 is 0 Å². The van der Waals surface area contributed by atoms with E-state index in [4.69, 9.17) is 5.73 Å². The van der Waals surface area contributed by atoms with Crippen LogP contribution in [0.25, 0.3) is 0 Å². The van der Waals surface area contributed by atoms with Gasteiger partial charge < -0.3 is 11.1 Å². The van der Waals surface area contributed by atoms with Crippen molar-refractivity contribution in [3.8, 4) is 0 Å². The van der Waals surface area contributed by atoms with Crippen molar-refractivity contribution in [1.82, 2.24) is 0 Å². The predicted octanol–water partition coefficient (Wildman–Crippen LogP) is 3.47. The number of ketones is 1. The summed E-state index contributed by atoms with van der Waals surface area (Å²) in [7, 11) is 0. The summed E-state index contributed by atoms with van der Waals surface area (Å²) < 4.78 is 0. The van der Waals surface area contributed by atoms with Gasteiger partial charge in [-0.2, -0.15) is 0 Å². The maximum atomic E-state index is 11.5. The van der Waals surface area contributed by atoms with Crippen LogP contribution in [0.4, 0.5) is 10.7 Å². The number of hydrogen-bond acceptors (Lipinski definition) is 5. The second-order valence-corrected chi connectivity index (χ2v) is 6.37. The van der Waals surface area contributed by atoms with Gasteiger partial charge in [-0.1, -0.05) is 0 Å². The van der Waals surface area contributed by atoms with Crippen LogP contribution in [0.1, 0.15) is 36.4 Å². The Kier molecular flexibility index (Phi) is 3.68. The van der Waals surface area contributed by atoms with Crippen molar-refractivity contribution < 1.29 is 4.79 Å². The Morgan fingerprint density at radius 3 is 2.71 bits per heavy atom. The van der Waals surface area contributed by atoms with E-state index in [1.165, 1.54) is 24.2 Å². The highest BCUT2D eigenvalue weighted by Crippen LogP contribution is 2.43. The summed E-state index contributed by atoms with van der Waals surface area (Å²) in [4.78, 5) is 13.2. The summed E-state index contributed by atoms with van der Waals surface area (Å²) in [6.45, 7) is 3.77. The second kappa shape index (κ2) is 4.90.